The van der Waals surface area contributed by atoms with Crippen LogP contribution in [-0.2, 0) is 0 Å². The number of rotatable bonds is 7. The van der Waals surface area contributed by atoms with Crippen molar-refractivity contribution in [2.75, 3.05) is 51.6 Å². The van der Waals surface area contributed by atoms with Gasteiger partial charge >= 0.3 is 0 Å². The van der Waals surface area contributed by atoms with E-state index in [4.69, 9.17) is 16.6 Å². The molecular weight excluding hydrogens is 439 g/mol. The van der Waals surface area contributed by atoms with Gasteiger partial charge in [-0.1, -0.05) is 29.3 Å². The average molecular weight is 469 g/mol. The van der Waals surface area contributed by atoms with Crippen LogP contribution in [0.25, 0.3) is 22.4 Å². The minimum absolute atomic E-state index is 0.0895. The molecule has 2 aromatic carbocycles. The molecule has 0 atom stereocenters. The van der Waals surface area contributed by atoms with Crippen LogP contribution in [0.4, 0.5) is 10.2 Å². The van der Waals surface area contributed by atoms with Crippen LogP contribution in [0.2, 0.25) is 5.02 Å². The quantitative estimate of drug-likeness (QED) is 0.462. The summed E-state index contributed by atoms with van der Waals surface area (Å²) in [6.07, 6.45) is 0.996. The summed E-state index contributed by atoms with van der Waals surface area (Å²) in [7, 11) is 2.16. The summed E-state index contributed by atoms with van der Waals surface area (Å²) in [5.41, 5.74) is 3.80. The second-order valence-electron chi connectivity index (χ2n) is 8.70. The van der Waals surface area contributed by atoms with Gasteiger partial charge in [0.05, 0.1) is 10.7 Å². The van der Waals surface area contributed by atoms with Crippen molar-refractivity contribution in [1.82, 2.24) is 14.8 Å². The smallest absolute Gasteiger partial charge is 0.142 e. The molecule has 2 N–H and O–H groups in total. The van der Waals surface area contributed by atoms with Crippen molar-refractivity contribution in [2.45, 2.75) is 13.3 Å². The Hall–Kier alpha value is -2.67. The number of aromatic nitrogens is 1. The molecule has 1 saturated heterocycles. The Morgan fingerprint density at radius 2 is 1.82 bits per heavy atom. The van der Waals surface area contributed by atoms with Crippen molar-refractivity contribution < 1.29 is 9.50 Å². The zero-order valence-corrected chi connectivity index (χ0v) is 19.9. The Morgan fingerprint density at radius 3 is 2.58 bits per heavy atom. The second kappa shape index (κ2) is 10.5. The maximum atomic E-state index is 14.1. The fourth-order valence-corrected chi connectivity index (χ4v) is 4.16. The predicted molar refractivity (Wildman–Crippen MR) is 134 cm³/mol. The van der Waals surface area contributed by atoms with E-state index in [1.54, 1.807) is 18.2 Å². The van der Waals surface area contributed by atoms with Crippen LogP contribution < -0.4 is 5.32 Å². The first kappa shape index (κ1) is 23.5. The van der Waals surface area contributed by atoms with E-state index in [1.165, 1.54) is 6.07 Å². The Labute approximate surface area is 199 Å². The Morgan fingerprint density at radius 1 is 1.03 bits per heavy atom. The van der Waals surface area contributed by atoms with Crippen LogP contribution in [0, 0.1) is 12.7 Å². The lowest BCUT2D eigenvalue weighted by atomic mass is 10.0. The monoisotopic (exact) mass is 468 g/mol. The molecule has 1 aliphatic heterocycles. The molecule has 5 nitrogen and oxygen atoms in total. The topological polar surface area (TPSA) is 51.6 Å². The molecule has 2 heterocycles. The van der Waals surface area contributed by atoms with E-state index in [1.807, 2.05) is 31.2 Å². The number of pyridine rings is 1. The summed E-state index contributed by atoms with van der Waals surface area (Å²) < 4.78 is 14.1. The van der Waals surface area contributed by atoms with E-state index in [9.17, 15) is 9.50 Å². The highest BCUT2D eigenvalue weighted by molar-refractivity contribution is 6.30. The van der Waals surface area contributed by atoms with Gasteiger partial charge in [-0.3, -0.25) is 0 Å². The van der Waals surface area contributed by atoms with E-state index in [0.29, 0.717) is 22.6 Å². The second-order valence-corrected chi connectivity index (χ2v) is 9.11. The number of hydrogen-bond acceptors (Lipinski definition) is 5. The fourth-order valence-electron chi connectivity index (χ4n) is 4.05. The molecule has 0 aliphatic carbocycles. The van der Waals surface area contributed by atoms with Crippen molar-refractivity contribution in [3.05, 3.63) is 64.9 Å². The van der Waals surface area contributed by atoms with Crippen LogP contribution in [0.3, 0.4) is 0 Å². The Kier molecular flexibility index (Phi) is 7.48. The molecule has 0 radical (unpaired) electrons. The molecule has 3 aromatic rings. The molecule has 0 bridgehead atoms. The predicted octanol–water partition coefficient (Wildman–Crippen LogP) is 5.27. The van der Waals surface area contributed by atoms with Crippen molar-refractivity contribution in [3.63, 3.8) is 0 Å². The standard InChI is InChI=1S/C26H30ClFN4O/c1-18-4-7-25(33)21(14-18)24-16-20(19-5-6-22(27)23(28)15-19)17-26(30-24)29-8-3-9-32-12-10-31(2)11-13-32/h4-7,14-17,33H,3,8-13H2,1-2H3,(H,29,30). The molecule has 0 spiro atoms. The lowest BCUT2D eigenvalue weighted by Gasteiger charge is -2.32. The van der Waals surface area contributed by atoms with Gasteiger partial charge < -0.3 is 20.2 Å². The van der Waals surface area contributed by atoms with Gasteiger partial charge in [0, 0.05) is 38.3 Å². The first-order chi connectivity index (χ1) is 15.9. The number of likely N-dealkylation sites (N-methyl/N-ethyl adjacent to an activating group) is 1. The number of nitrogens with zero attached hydrogens (tertiary/aromatic N) is 3. The molecule has 0 amide bonds. The zero-order valence-electron chi connectivity index (χ0n) is 19.1. The van der Waals surface area contributed by atoms with E-state index in [0.717, 1.165) is 56.8 Å². The summed E-state index contributed by atoms with van der Waals surface area (Å²) in [6.45, 7) is 8.20. The number of halogens is 2. The minimum atomic E-state index is -0.465. The fraction of sp³-hybridized carbons (Fsp3) is 0.346. The zero-order chi connectivity index (χ0) is 23.4. The van der Waals surface area contributed by atoms with Gasteiger partial charge in [0.1, 0.15) is 17.4 Å². The molecule has 7 heteroatoms. The van der Waals surface area contributed by atoms with Gasteiger partial charge in [0.25, 0.3) is 0 Å². The maximum absolute atomic E-state index is 14.1. The number of aryl methyl sites for hydroxylation is 1. The van der Waals surface area contributed by atoms with E-state index >= 15 is 0 Å². The number of piperazine rings is 1. The van der Waals surface area contributed by atoms with Crippen molar-refractivity contribution in [1.29, 1.82) is 0 Å². The van der Waals surface area contributed by atoms with E-state index < -0.39 is 5.82 Å². The Balaban J connectivity index is 1.56. The highest BCUT2D eigenvalue weighted by Crippen LogP contribution is 2.34. The number of benzene rings is 2. The van der Waals surface area contributed by atoms with Gasteiger partial charge in [-0.2, -0.15) is 0 Å². The van der Waals surface area contributed by atoms with Gasteiger partial charge in [0.15, 0.2) is 0 Å². The van der Waals surface area contributed by atoms with Gasteiger partial charge in [-0.15, -0.1) is 0 Å². The van der Waals surface area contributed by atoms with Crippen LogP contribution in [0.1, 0.15) is 12.0 Å². The van der Waals surface area contributed by atoms with Crippen LogP contribution in [0.15, 0.2) is 48.5 Å². The van der Waals surface area contributed by atoms with Crippen molar-refractivity contribution in [3.8, 4) is 28.1 Å². The number of phenolic OH excluding ortho intramolecular Hbond substituents is 1. The van der Waals surface area contributed by atoms with Crippen molar-refractivity contribution in [2.24, 2.45) is 0 Å². The number of nitrogens with one attached hydrogen (secondary N) is 1. The Bertz CT molecular complexity index is 1120. The average Bonchev–Trinajstić information content (AvgIpc) is 2.81. The molecule has 4 rings (SSSR count). The number of anilines is 1. The molecule has 33 heavy (non-hydrogen) atoms. The highest BCUT2D eigenvalue weighted by atomic mass is 35.5. The normalized spacial score (nSPS) is 15.0. The van der Waals surface area contributed by atoms with Crippen LogP contribution in [-0.4, -0.2) is 66.2 Å². The number of hydrogen-bond donors (Lipinski definition) is 2. The lowest BCUT2D eigenvalue weighted by molar-refractivity contribution is 0.154. The molecule has 0 unspecified atom stereocenters. The molecular formula is C26H30ClFN4O. The SMILES string of the molecule is Cc1ccc(O)c(-c2cc(-c3ccc(Cl)c(F)c3)cc(NCCCN3CCN(C)CC3)n2)c1. The van der Waals surface area contributed by atoms with E-state index in [-0.39, 0.29) is 10.8 Å². The number of aromatic hydroxyl groups is 1. The number of phenols is 1. The van der Waals surface area contributed by atoms with Gasteiger partial charge in [0.2, 0.25) is 0 Å². The van der Waals surface area contributed by atoms with Crippen LogP contribution >= 0.6 is 11.6 Å². The van der Waals surface area contributed by atoms with Gasteiger partial charge in [-0.05, 0) is 74.5 Å². The first-order valence-electron chi connectivity index (χ1n) is 11.3. The minimum Gasteiger partial charge on any atom is -0.507 e. The lowest BCUT2D eigenvalue weighted by Crippen LogP contribution is -2.44. The summed E-state index contributed by atoms with van der Waals surface area (Å²) in [5.74, 6) is 0.387. The van der Waals surface area contributed by atoms with Crippen LogP contribution in [0.5, 0.6) is 5.75 Å². The summed E-state index contributed by atoms with van der Waals surface area (Å²) >= 11 is 5.88. The van der Waals surface area contributed by atoms with Crippen molar-refractivity contribution >= 4 is 17.4 Å². The third-order valence-electron chi connectivity index (χ3n) is 6.06. The molecule has 0 saturated carbocycles. The largest absolute Gasteiger partial charge is 0.507 e. The van der Waals surface area contributed by atoms with Gasteiger partial charge in [-0.25, -0.2) is 9.37 Å². The summed E-state index contributed by atoms with van der Waals surface area (Å²) in [6, 6.07) is 14.0. The summed E-state index contributed by atoms with van der Waals surface area (Å²) in [5, 5.41) is 14.0. The molecule has 1 aliphatic rings. The third kappa shape index (κ3) is 6.02. The van der Waals surface area contributed by atoms with E-state index in [2.05, 4.69) is 22.2 Å². The first-order valence-corrected chi connectivity index (χ1v) is 11.7. The molecule has 1 aromatic heterocycles. The maximum Gasteiger partial charge on any atom is 0.142 e. The molecule has 1 fully saturated rings. The molecule has 174 valence electrons. The summed E-state index contributed by atoms with van der Waals surface area (Å²) in [4.78, 5) is 9.59. The third-order valence-corrected chi connectivity index (χ3v) is 6.37. The highest BCUT2D eigenvalue weighted by Gasteiger charge is 2.14.